The van der Waals surface area contributed by atoms with E-state index in [-0.39, 0.29) is 5.84 Å². The first kappa shape index (κ1) is 20.0. The zero-order valence-corrected chi connectivity index (χ0v) is 15.8. The zero-order valence-electron chi connectivity index (χ0n) is 15.0. The van der Waals surface area contributed by atoms with Gasteiger partial charge < -0.3 is 15.5 Å². The van der Waals surface area contributed by atoms with Crippen LogP contribution in [0.4, 0.5) is 0 Å². The lowest BCUT2D eigenvalue weighted by Gasteiger charge is -2.02. The summed E-state index contributed by atoms with van der Waals surface area (Å²) in [6, 6.07) is 11.3. The van der Waals surface area contributed by atoms with Crippen LogP contribution in [0, 0.1) is 10.1 Å². The molecule has 1 atom stereocenters. The average Bonchev–Trinajstić information content (AvgIpc) is 3.04. The number of hydrogen-bond acceptors (Lipinski definition) is 6. The molecule has 7 nitrogen and oxygen atoms in total. The van der Waals surface area contributed by atoms with Gasteiger partial charge in [0.15, 0.2) is 5.84 Å². The van der Waals surface area contributed by atoms with Crippen molar-refractivity contribution in [2.24, 2.45) is 10.7 Å². The lowest BCUT2D eigenvalue weighted by Crippen LogP contribution is -2.33. The molecule has 1 unspecified atom stereocenters. The van der Waals surface area contributed by atoms with E-state index in [0.29, 0.717) is 24.6 Å². The molecule has 0 aliphatic heterocycles. The summed E-state index contributed by atoms with van der Waals surface area (Å²) in [4.78, 5) is 14.3. The van der Waals surface area contributed by atoms with E-state index < -0.39 is 11.0 Å². The number of nitrogens with one attached hydrogen (secondary N) is 1. The van der Waals surface area contributed by atoms with E-state index in [1.54, 1.807) is 11.8 Å². The van der Waals surface area contributed by atoms with Crippen molar-refractivity contribution in [2.45, 2.75) is 25.3 Å². The van der Waals surface area contributed by atoms with E-state index >= 15 is 0 Å². The highest BCUT2D eigenvalue weighted by Gasteiger charge is 2.17. The Labute approximate surface area is 157 Å². The molecule has 0 aliphatic rings. The minimum Gasteiger partial charge on any atom is -0.463 e. The number of nitrogens with zero attached hydrogens (tertiary/aromatic N) is 2. The first-order chi connectivity index (χ1) is 12.5. The molecule has 1 aromatic carbocycles. The highest BCUT2D eigenvalue weighted by Crippen LogP contribution is 2.29. The third-order valence-corrected chi connectivity index (χ3v) is 4.76. The number of aliphatic imine (C=N–C) groups is 1. The van der Waals surface area contributed by atoms with Gasteiger partial charge in [-0.25, -0.2) is 0 Å². The number of rotatable bonds is 10. The van der Waals surface area contributed by atoms with Crippen LogP contribution in [-0.2, 0) is 12.3 Å². The SMILES string of the molecule is CNCc1oc(CSCCN=C(N)C(C)[N+](=O)[O-])cc1-c1ccccc1. The summed E-state index contributed by atoms with van der Waals surface area (Å²) in [7, 11) is 1.89. The molecule has 0 saturated carbocycles. The van der Waals surface area contributed by atoms with Crippen LogP contribution in [-0.4, -0.2) is 36.1 Å². The van der Waals surface area contributed by atoms with Gasteiger partial charge in [-0.3, -0.25) is 15.1 Å². The van der Waals surface area contributed by atoms with Gasteiger partial charge in [-0.1, -0.05) is 30.3 Å². The summed E-state index contributed by atoms with van der Waals surface area (Å²) < 4.78 is 5.97. The van der Waals surface area contributed by atoms with Gasteiger partial charge in [0.25, 0.3) is 6.04 Å². The molecule has 3 N–H and O–H groups in total. The summed E-state index contributed by atoms with van der Waals surface area (Å²) in [5.41, 5.74) is 7.83. The molecule has 0 bridgehead atoms. The molecular formula is C18H24N4O3S. The predicted octanol–water partition coefficient (Wildman–Crippen LogP) is 2.92. The first-order valence-electron chi connectivity index (χ1n) is 8.35. The Hall–Kier alpha value is -2.32. The predicted molar refractivity (Wildman–Crippen MR) is 106 cm³/mol. The second-order valence-corrected chi connectivity index (χ2v) is 6.87. The first-order valence-corrected chi connectivity index (χ1v) is 9.51. The standard InChI is InChI=1S/C18H24N4O3S/c1-13(22(23)24)18(19)21-8-9-26-12-15-10-16(17(25-15)11-20-2)14-6-4-3-5-7-14/h3-7,10,13,20H,8-9,11-12H2,1-2H3,(H2,19,21). The van der Waals surface area contributed by atoms with E-state index in [1.807, 2.05) is 25.2 Å². The fourth-order valence-corrected chi connectivity index (χ4v) is 3.07. The Balaban J connectivity index is 1.92. The lowest BCUT2D eigenvalue weighted by molar-refractivity contribution is -0.498. The summed E-state index contributed by atoms with van der Waals surface area (Å²) in [5.74, 6) is 3.31. The van der Waals surface area contributed by atoms with Crippen LogP contribution in [0.25, 0.3) is 11.1 Å². The molecule has 0 fully saturated rings. The molecule has 2 rings (SSSR count). The number of furan rings is 1. The zero-order chi connectivity index (χ0) is 18.9. The molecule has 1 heterocycles. The van der Waals surface area contributed by atoms with Crippen LogP contribution in [0.3, 0.4) is 0 Å². The van der Waals surface area contributed by atoms with Gasteiger partial charge in [0.1, 0.15) is 11.5 Å². The van der Waals surface area contributed by atoms with Crippen molar-refractivity contribution in [3.8, 4) is 11.1 Å². The smallest absolute Gasteiger partial charge is 0.266 e. The summed E-state index contributed by atoms with van der Waals surface area (Å²) in [6.45, 7) is 2.54. The molecule has 2 aromatic rings. The maximum absolute atomic E-state index is 10.6. The third kappa shape index (κ3) is 5.60. The van der Waals surface area contributed by atoms with Gasteiger partial charge in [-0.2, -0.15) is 11.8 Å². The number of nitro groups is 1. The van der Waals surface area contributed by atoms with Crippen LogP contribution in [0.1, 0.15) is 18.4 Å². The van der Waals surface area contributed by atoms with Gasteiger partial charge >= 0.3 is 0 Å². The fourth-order valence-electron chi connectivity index (χ4n) is 2.36. The molecule has 0 amide bonds. The van der Waals surface area contributed by atoms with E-state index in [1.165, 1.54) is 6.92 Å². The number of hydrogen-bond donors (Lipinski definition) is 2. The monoisotopic (exact) mass is 376 g/mol. The van der Waals surface area contributed by atoms with E-state index in [0.717, 1.165) is 22.6 Å². The van der Waals surface area contributed by atoms with Crippen LogP contribution >= 0.6 is 11.8 Å². The van der Waals surface area contributed by atoms with E-state index in [2.05, 4.69) is 28.5 Å². The number of benzene rings is 1. The molecule has 0 radical (unpaired) electrons. The number of amidine groups is 1. The minimum absolute atomic E-state index is 0.0660. The van der Waals surface area contributed by atoms with Crippen molar-refractivity contribution in [2.75, 3.05) is 19.3 Å². The maximum Gasteiger partial charge on any atom is 0.266 e. The van der Waals surface area contributed by atoms with E-state index in [9.17, 15) is 10.1 Å². The molecule has 0 spiro atoms. The fraction of sp³-hybridized carbons (Fsp3) is 0.389. The van der Waals surface area contributed by atoms with Crippen molar-refractivity contribution >= 4 is 17.6 Å². The second-order valence-electron chi connectivity index (χ2n) is 5.77. The lowest BCUT2D eigenvalue weighted by atomic mass is 10.1. The van der Waals surface area contributed by atoms with Crippen LogP contribution < -0.4 is 11.1 Å². The Morgan fingerprint density at radius 3 is 2.81 bits per heavy atom. The summed E-state index contributed by atoms with van der Waals surface area (Å²) >= 11 is 1.66. The Morgan fingerprint density at radius 2 is 2.15 bits per heavy atom. The Bertz CT molecular complexity index is 746. The average molecular weight is 376 g/mol. The number of nitrogens with two attached hydrogens (primary N) is 1. The van der Waals surface area contributed by atoms with Gasteiger partial charge in [0, 0.05) is 23.2 Å². The number of thioether (sulfide) groups is 1. The molecule has 8 heteroatoms. The third-order valence-electron chi connectivity index (χ3n) is 3.80. The molecule has 1 aromatic heterocycles. The van der Waals surface area contributed by atoms with E-state index in [4.69, 9.17) is 10.2 Å². The molecule has 0 saturated heterocycles. The second kappa shape index (κ2) is 9.98. The largest absolute Gasteiger partial charge is 0.463 e. The topological polar surface area (TPSA) is 107 Å². The normalized spacial score (nSPS) is 12.9. The van der Waals surface area contributed by atoms with Crippen molar-refractivity contribution in [3.63, 3.8) is 0 Å². The van der Waals surface area contributed by atoms with Crippen LogP contribution in [0.15, 0.2) is 45.8 Å². The highest BCUT2D eigenvalue weighted by molar-refractivity contribution is 7.98. The van der Waals surface area contributed by atoms with Gasteiger partial charge in [-0.05, 0) is 18.7 Å². The maximum atomic E-state index is 10.6. The van der Waals surface area contributed by atoms with Gasteiger partial charge in [0.05, 0.1) is 18.8 Å². The quantitative estimate of drug-likeness (QED) is 0.217. The molecule has 140 valence electrons. The Morgan fingerprint density at radius 1 is 1.42 bits per heavy atom. The van der Waals surface area contributed by atoms with Crippen molar-refractivity contribution in [1.29, 1.82) is 0 Å². The van der Waals surface area contributed by atoms with Crippen molar-refractivity contribution < 1.29 is 9.34 Å². The molecule has 26 heavy (non-hydrogen) atoms. The molecule has 0 aliphatic carbocycles. The minimum atomic E-state index is -0.942. The summed E-state index contributed by atoms with van der Waals surface area (Å²) in [6.07, 6.45) is 0. The summed E-state index contributed by atoms with van der Waals surface area (Å²) in [5, 5.41) is 13.8. The highest BCUT2D eigenvalue weighted by atomic mass is 32.2. The van der Waals surface area contributed by atoms with Crippen molar-refractivity contribution in [1.82, 2.24) is 5.32 Å². The van der Waals surface area contributed by atoms with Crippen LogP contribution in [0.5, 0.6) is 0 Å². The molecular weight excluding hydrogens is 352 g/mol. The van der Waals surface area contributed by atoms with Crippen LogP contribution in [0.2, 0.25) is 0 Å². The Kier molecular flexibility index (Phi) is 7.68. The van der Waals surface area contributed by atoms with Crippen molar-refractivity contribution in [3.05, 3.63) is 58.0 Å². The van der Waals surface area contributed by atoms with Gasteiger partial charge in [0.2, 0.25) is 0 Å². The van der Waals surface area contributed by atoms with Gasteiger partial charge in [-0.15, -0.1) is 0 Å².